The summed E-state index contributed by atoms with van der Waals surface area (Å²) < 4.78 is 69.4. The third-order valence-corrected chi connectivity index (χ3v) is 4.51. The van der Waals surface area contributed by atoms with Crippen molar-refractivity contribution in [2.45, 2.75) is 6.92 Å². The number of halogens is 5. The second-order valence-electron chi connectivity index (χ2n) is 6.39. The van der Waals surface area contributed by atoms with Crippen molar-refractivity contribution < 1.29 is 22.0 Å². The molecule has 0 aliphatic heterocycles. The lowest BCUT2D eigenvalue weighted by atomic mass is 9.97. The Kier molecular flexibility index (Phi) is 4.34. The van der Waals surface area contributed by atoms with Gasteiger partial charge in [0.05, 0.1) is 16.8 Å². The Balaban J connectivity index is 2.10. The maximum absolute atomic E-state index is 14.3. The molecule has 1 nitrogen and oxygen atoms in total. The average Bonchev–Trinajstić information content (AvgIpc) is 2.71. The molecule has 0 saturated heterocycles. The van der Waals surface area contributed by atoms with Crippen LogP contribution in [0, 0.1) is 36.0 Å². The van der Waals surface area contributed by atoms with Gasteiger partial charge in [-0.2, -0.15) is 0 Å². The standard InChI is InChI=1S/C22H12F5N/c1-11-7-8-15-14(9-11)13(12-5-3-2-4-6-12)10-16(28-15)17-18(23)20(25)22(27)21(26)19(17)24/h2-10H,1H3. The normalized spacial score (nSPS) is 11.2. The van der Waals surface area contributed by atoms with E-state index >= 15 is 0 Å². The van der Waals surface area contributed by atoms with Crippen molar-refractivity contribution in [2.75, 3.05) is 0 Å². The summed E-state index contributed by atoms with van der Waals surface area (Å²) >= 11 is 0. The van der Waals surface area contributed by atoms with Gasteiger partial charge in [0.15, 0.2) is 23.3 Å². The van der Waals surface area contributed by atoms with E-state index in [9.17, 15) is 22.0 Å². The SMILES string of the molecule is Cc1ccc2nc(-c3c(F)c(F)c(F)c(F)c3F)cc(-c3ccccc3)c2c1. The fraction of sp³-hybridized carbons (Fsp3) is 0.0455. The van der Waals surface area contributed by atoms with Crippen LogP contribution in [0.25, 0.3) is 33.3 Å². The summed E-state index contributed by atoms with van der Waals surface area (Å²) in [7, 11) is 0. The van der Waals surface area contributed by atoms with Gasteiger partial charge in [0, 0.05) is 5.39 Å². The van der Waals surface area contributed by atoms with Crippen LogP contribution < -0.4 is 0 Å². The molecular formula is C22H12F5N. The van der Waals surface area contributed by atoms with Crippen LogP contribution in [0.4, 0.5) is 22.0 Å². The fourth-order valence-electron chi connectivity index (χ4n) is 3.15. The minimum atomic E-state index is -2.20. The van der Waals surface area contributed by atoms with Gasteiger partial charge in [-0.3, -0.25) is 0 Å². The molecule has 1 heterocycles. The van der Waals surface area contributed by atoms with E-state index in [1.54, 1.807) is 36.4 Å². The number of pyridine rings is 1. The van der Waals surface area contributed by atoms with Gasteiger partial charge < -0.3 is 0 Å². The van der Waals surface area contributed by atoms with Gasteiger partial charge in [-0.25, -0.2) is 26.9 Å². The van der Waals surface area contributed by atoms with Crippen LogP contribution in [-0.2, 0) is 0 Å². The highest BCUT2D eigenvalue weighted by Gasteiger charge is 2.28. The van der Waals surface area contributed by atoms with E-state index in [-0.39, 0.29) is 5.69 Å². The highest BCUT2D eigenvalue weighted by Crippen LogP contribution is 2.36. The van der Waals surface area contributed by atoms with E-state index in [0.29, 0.717) is 16.5 Å². The van der Waals surface area contributed by atoms with Crippen molar-refractivity contribution in [3.8, 4) is 22.4 Å². The number of hydrogen-bond acceptors (Lipinski definition) is 1. The molecule has 0 radical (unpaired) electrons. The number of fused-ring (bicyclic) bond motifs is 1. The van der Waals surface area contributed by atoms with Gasteiger partial charge in [-0.1, -0.05) is 42.0 Å². The van der Waals surface area contributed by atoms with Gasteiger partial charge in [0.2, 0.25) is 5.82 Å². The van der Waals surface area contributed by atoms with Crippen LogP contribution in [0.3, 0.4) is 0 Å². The van der Waals surface area contributed by atoms with E-state index < -0.39 is 34.6 Å². The first kappa shape index (κ1) is 18.1. The van der Waals surface area contributed by atoms with Gasteiger partial charge in [0.25, 0.3) is 0 Å². The molecule has 0 unspecified atom stereocenters. The molecule has 0 saturated carbocycles. The Labute approximate surface area is 157 Å². The highest BCUT2D eigenvalue weighted by atomic mass is 19.2. The fourth-order valence-corrected chi connectivity index (χ4v) is 3.15. The van der Waals surface area contributed by atoms with Crippen LogP contribution in [-0.4, -0.2) is 4.98 Å². The number of aromatic nitrogens is 1. The molecule has 0 spiro atoms. The van der Waals surface area contributed by atoms with E-state index in [1.165, 1.54) is 6.07 Å². The minimum absolute atomic E-state index is 0.331. The summed E-state index contributed by atoms with van der Waals surface area (Å²) in [5, 5.41) is 0.707. The van der Waals surface area contributed by atoms with Gasteiger partial charge in [0.1, 0.15) is 0 Å². The summed E-state index contributed by atoms with van der Waals surface area (Å²) in [6.45, 7) is 1.88. The summed E-state index contributed by atoms with van der Waals surface area (Å²) in [6, 6.07) is 15.6. The first-order valence-corrected chi connectivity index (χ1v) is 8.37. The second kappa shape index (κ2) is 6.71. The van der Waals surface area contributed by atoms with Crippen LogP contribution >= 0.6 is 0 Å². The first-order valence-electron chi connectivity index (χ1n) is 8.37. The molecular weight excluding hydrogens is 373 g/mol. The molecule has 0 N–H and O–H groups in total. The van der Waals surface area contributed by atoms with Crippen molar-refractivity contribution >= 4 is 10.9 Å². The number of hydrogen-bond donors (Lipinski definition) is 0. The van der Waals surface area contributed by atoms with Gasteiger partial charge in [-0.05, 0) is 36.2 Å². The smallest absolute Gasteiger partial charge is 0.200 e. The molecule has 3 aromatic carbocycles. The average molecular weight is 385 g/mol. The number of rotatable bonds is 2. The van der Waals surface area contributed by atoms with Crippen LogP contribution in [0.5, 0.6) is 0 Å². The molecule has 28 heavy (non-hydrogen) atoms. The molecule has 1 aromatic heterocycles. The molecule has 140 valence electrons. The maximum Gasteiger partial charge on any atom is 0.200 e. The monoisotopic (exact) mass is 385 g/mol. The van der Waals surface area contributed by atoms with E-state index in [4.69, 9.17) is 0 Å². The summed E-state index contributed by atoms with van der Waals surface area (Å²) in [6.07, 6.45) is 0. The van der Waals surface area contributed by atoms with Gasteiger partial charge >= 0.3 is 0 Å². The third kappa shape index (κ3) is 2.81. The lowest BCUT2D eigenvalue weighted by Crippen LogP contribution is -2.05. The Morgan fingerprint density at radius 3 is 1.93 bits per heavy atom. The van der Waals surface area contributed by atoms with E-state index in [0.717, 1.165) is 11.1 Å². The topological polar surface area (TPSA) is 12.9 Å². The van der Waals surface area contributed by atoms with Crippen LogP contribution in [0.15, 0.2) is 54.6 Å². The third-order valence-electron chi connectivity index (χ3n) is 4.51. The summed E-state index contributed by atoms with van der Waals surface area (Å²) in [5.74, 6) is -10.0. The van der Waals surface area contributed by atoms with Crippen molar-refractivity contribution in [3.05, 3.63) is 89.2 Å². The summed E-state index contributed by atoms with van der Waals surface area (Å²) in [4.78, 5) is 4.17. The van der Waals surface area contributed by atoms with Crippen molar-refractivity contribution in [1.29, 1.82) is 0 Å². The molecule has 4 aromatic rings. The number of aryl methyl sites for hydroxylation is 1. The maximum atomic E-state index is 14.3. The first-order chi connectivity index (χ1) is 13.4. The zero-order valence-electron chi connectivity index (χ0n) is 14.5. The molecule has 0 aliphatic carbocycles. The number of nitrogens with zero attached hydrogens (tertiary/aromatic N) is 1. The Morgan fingerprint density at radius 2 is 1.29 bits per heavy atom. The minimum Gasteiger partial charge on any atom is -0.248 e. The summed E-state index contributed by atoms with van der Waals surface area (Å²) in [5.41, 5.74) is 1.25. The lowest BCUT2D eigenvalue weighted by molar-refractivity contribution is 0.381. The van der Waals surface area contributed by atoms with E-state index in [2.05, 4.69) is 4.98 Å². The molecule has 4 rings (SSSR count). The molecule has 0 bridgehead atoms. The Hall–Kier alpha value is -3.28. The second-order valence-corrected chi connectivity index (χ2v) is 6.39. The Morgan fingerprint density at radius 1 is 0.679 bits per heavy atom. The molecule has 0 atom stereocenters. The highest BCUT2D eigenvalue weighted by molar-refractivity contribution is 5.97. The molecule has 0 amide bonds. The van der Waals surface area contributed by atoms with Crippen molar-refractivity contribution in [3.63, 3.8) is 0 Å². The zero-order valence-corrected chi connectivity index (χ0v) is 14.5. The largest absolute Gasteiger partial charge is 0.248 e. The van der Waals surface area contributed by atoms with Crippen LogP contribution in [0.2, 0.25) is 0 Å². The lowest BCUT2D eigenvalue weighted by Gasteiger charge is -2.13. The zero-order chi connectivity index (χ0) is 20.0. The predicted molar refractivity (Wildman–Crippen MR) is 97.1 cm³/mol. The predicted octanol–water partition coefficient (Wildman–Crippen LogP) is 6.57. The quantitative estimate of drug-likeness (QED) is 0.216. The molecule has 0 aliphatic rings. The van der Waals surface area contributed by atoms with Crippen molar-refractivity contribution in [1.82, 2.24) is 4.98 Å². The van der Waals surface area contributed by atoms with Crippen LogP contribution in [0.1, 0.15) is 5.56 Å². The Bertz CT molecular complexity index is 1190. The molecule has 6 heteroatoms. The number of benzene rings is 3. The van der Waals surface area contributed by atoms with E-state index in [1.807, 2.05) is 19.1 Å². The van der Waals surface area contributed by atoms with Gasteiger partial charge in [-0.15, -0.1) is 0 Å². The molecule has 0 fully saturated rings. The van der Waals surface area contributed by atoms with Crippen molar-refractivity contribution in [2.24, 2.45) is 0 Å².